The molecule has 0 fully saturated rings. The van der Waals surface area contributed by atoms with Crippen LogP contribution < -0.4 is 10.5 Å². The van der Waals surface area contributed by atoms with Crippen LogP contribution in [0.15, 0.2) is 71.9 Å². The van der Waals surface area contributed by atoms with Gasteiger partial charge in [-0.05, 0) is 36.8 Å². The SMILES string of the molecule is Nc1nc2cc(-c3ccn[nH]3)ccc2c2nn(CCCNS(=O)(=O)c3ccccc3)cc12. The third-order valence-electron chi connectivity index (χ3n) is 5.25. The molecule has 4 N–H and O–H groups in total. The molecule has 0 spiro atoms. The summed E-state index contributed by atoms with van der Waals surface area (Å²) < 4.78 is 29.1. The van der Waals surface area contributed by atoms with Crippen molar-refractivity contribution >= 4 is 37.6 Å². The van der Waals surface area contributed by atoms with Gasteiger partial charge in [-0.1, -0.05) is 24.3 Å². The third-order valence-corrected chi connectivity index (χ3v) is 6.73. The lowest BCUT2D eigenvalue weighted by Crippen LogP contribution is -2.25. The smallest absolute Gasteiger partial charge is 0.240 e. The Labute approximate surface area is 184 Å². The third kappa shape index (κ3) is 3.81. The Balaban J connectivity index is 1.34. The minimum Gasteiger partial charge on any atom is -0.383 e. The van der Waals surface area contributed by atoms with Gasteiger partial charge >= 0.3 is 0 Å². The van der Waals surface area contributed by atoms with Crippen molar-refractivity contribution in [1.29, 1.82) is 0 Å². The van der Waals surface area contributed by atoms with Gasteiger partial charge in [-0.3, -0.25) is 9.78 Å². The number of hydrogen-bond acceptors (Lipinski definition) is 6. The maximum absolute atomic E-state index is 12.3. The molecule has 0 aliphatic carbocycles. The van der Waals surface area contributed by atoms with E-state index in [1.165, 1.54) is 0 Å². The number of pyridine rings is 1. The van der Waals surface area contributed by atoms with Crippen molar-refractivity contribution in [1.82, 2.24) is 29.7 Å². The summed E-state index contributed by atoms with van der Waals surface area (Å²) in [5.74, 6) is 0.408. The highest BCUT2D eigenvalue weighted by molar-refractivity contribution is 7.89. The molecule has 32 heavy (non-hydrogen) atoms. The molecule has 5 aromatic rings. The number of aromatic amines is 1. The van der Waals surface area contributed by atoms with Gasteiger partial charge in [0.2, 0.25) is 10.0 Å². The van der Waals surface area contributed by atoms with Crippen LogP contribution in [0.3, 0.4) is 0 Å². The highest BCUT2D eigenvalue weighted by Gasteiger charge is 2.14. The van der Waals surface area contributed by atoms with E-state index >= 15 is 0 Å². The summed E-state index contributed by atoms with van der Waals surface area (Å²) in [5.41, 5.74) is 9.59. The highest BCUT2D eigenvalue weighted by Crippen LogP contribution is 2.29. The van der Waals surface area contributed by atoms with Crippen LogP contribution in [0.1, 0.15) is 6.42 Å². The first-order valence-corrected chi connectivity index (χ1v) is 11.6. The van der Waals surface area contributed by atoms with Gasteiger partial charge in [0, 0.05) is 36.4 Å². The predicted molar refractivity (Wildman–Crippen MR) is 123 cm³/mol. The summed E-state index contributed by atoms with van der Waals surface area (Å²) in [5, 5.41) is 13.3. The van der Waals surface area contributed by atoms with E-state index in [2.05, 4.69) is 25.0 Å². The van der Waals surface area contributed by atoms with E-state index in [1.807, 2.05) is 30.5 Å². The molecule has 0 aliphatic heterocycles. The first-order valence-electron chi connectivity index (χ1n) is 10.1. The number of nitrogens with two attached hydrogens (primary N) is 1. The maximum atomic E-state index is 12.3. The average molecular weight is 448 g/mol. The van der Waals surface area contributed by atoms with Crippen molar-refractivity contribution in [2.45, 2.75) is 17.9 Å². The van der Waals surface area contributed by atoms with Crippen molar-refractivity contribution in [2.75, 3.05) is 12.3 Å². The lowest BCUT2D eigenvalue weighted by molar-refractivity contribution is 0.555. The summed E-state index contributed by atoms with van der Waals surface area (Å²) in [4.78, 5) is 4.80. The summed E-state index contributed by atoms with van der Waals surface area (Å²) in [6.45, 7) is 0.842. The molecule has 0 atom stereocenters. The van der Waals surface area contributed by atoms with E-state index in [4.69, 9.17) is 5.73 Å². The van der Waals surface area contributed by atoms with Crippen LogP contribution in [-0.2, 0) is 16.6 Å². The molecular formula is C22H21N7O2S. The first-order chi connectivity index (χ1) is 15.5. The molecule has 0 unspecified atom stereocenters. The Hall–Kier alpha value is -3.76. The Morgan fingerprint density at radius 1 is 1.06 bits per heavy atom. The Morgan fingerprint density at radius 3 is 2.69 bits per heavy atom. The van der Waals surface area contributed by atoms with Gasteiger partial charge in [0.05, 0.1) is 21.5 Å². The molecule has 5 rings (SSSR count). The topological polar surface area (TPSA) is 132 Å². The number of H-pyrrole nitrogens is 1. The van der Waals surface area contributed by atoms with Crippen LogP contribution >= 0.6 is 0 Å². The zero-order chi connectivity index (χ0) is 22.1. The number of aromatic nitrogens is 5. The second kappa shape index (κ2) is 8.06. The van der Waals surface area contributed by atoms with Gasteiger partial charge in [-0.2, -0.15) is 10.2 Å². The molecule has 0 bridgehead atoms. The fourth-order valence-electron chi connectivity index (χ4n) is 3.65. The van der Waals surface area contributed by atoms with E-state index in [1.54, 1.807) is 41.2 Å². The first kappa shape index (κ1) is 20.2. The molecule has 0 saturated carbocycles. The van der Waals surface area contributed by atoms with Crippen molar-refractivity contribution in [3.05, 3.63) is 67.0 Å². The fraction of sp³-hybridized carbons (Fsp3) is 0.136. The van der Waals surface area contributed by atoms with Crippen LogP contribution in [-0.4, -0.2) is 39.9 Å². The Morgan fingerprint density at radius 2 is 1.91 bits per heavy atom. The van der Waals surface area contributed by atoms with Gasteiger partial charge in [-0.15, -0.1) is 0 Å². The molecule has 3 aromatic heterocycles. The number of rotatable bonds is 7. The number of anilines is 1. The number of benzene rings is 2. The van der Waals surface area contributed by atoms with Crippen LogP contribution in [0, 0.1) is 0 Å². The summed E-state index contributed by atoms with van der Waals surface area (Å²) in [6.07, 6.45) is 4.13. The molecule has 3 heterocycles. The fourth-order valence-corrected chi connectivity index (χ4v) is 4.75. The Kier molecular flexibility index (Phi) is 5.08. The van der Waals surface area contributed by atoms with Gasteiger partial charge in [0.25, 0.3) is 0 Å². The number of aryl methyl sites for hydroxylation is 1. The lowest BCUT2D eigenvalue weighted by Gasteiger charge is -2.06. The van der Waals surface area contributed by atoms with Gasteiger partial charge < -0.3 is 5.73 Å². The lowest BCUT2D eigenvalue weighted by atomic mass is 10.1. The summed E-state index contributed by atoms with van der Waals surface area (Å²) in [7, 11) is -3.51. The van der Waals surface area contributed by atoms with Gasteiger partial charge in [0.15, 0.2) is 0 Å². The van der Waals surface area contributed by atoms with E-state index in [0.717, 1.165) is 33.1 Å². The highest BCUT2D eigenvalue weighted by atomic mass is 32.2. The molecule has 0 amide bonds. The number of nitrogens with one attached hydrogen (secondary N) is 2. The second-order valence-corrected chi connectivity index (χ2v) is 9.19. The molecule has 162 valence electrons. The van der Waals surface area contributed by atoms with E-state index in [-0.39, 0.29) is 4.90 Å². The monoisotopic (exact) mass is 447 g/mol. The minimum atomic E-state index is -3.51. The number of nitrogens with zero attached hydrogens (tertiary/aromatic N) is 4. The maximum Gasteiger partial charge on any atom is 0.240 e. The second-order valence-electron chi connectivity index (χ2n) is 7.42. The molecule has 0 saturated heterocycles. The molecule has 0 aliphatic rings. The van der Waals surface area contributed by atoms with Crippen LogP contribution in [0.5, 0.6) is 0 Å². The van der Waals surface area contributed by atoms with Crippen molar-refractivity contribution in [3.8, 4) is 11.3 Å². The minimum absolute atomic E-state index is 0.254. The molecule has 0 radical (unpaired) electrons. The largest absolute Gasteiger partial charge is 0.383 e. The number of nitrogen functional groups attached to an aromatic ring is 1. The molecular weight excluding hydrogens is 426 g/mol. The van der Waals surface area contributed by atoms with Gasteiger partial charge in [0.1, 0.15) is 11.3 Å². The summed E-state index contributed by atoms with van der Waals surface area (Å²) >= 11 is 0. The van der Waals surface area contributed by atoms with E-state index in [9.17, 15) is 8.42 Å². The normalized spacial score (nSPS) is 12.0. The van der Waals surface area contributed by atoms with Crippen molar-refractivity contribution in [2.24, 2.45) is 0 Å². The van der Waals surface area contributed by atoms with Crippen LogP contribution in [0.2, 0.25) is 0 Å². The molecule has 10 heteroatoms. The molecule has 2 aromatic carbocycles. The molecule has 9 nitrogen and oxygen atoms in total. The zero-order valence-electron chi connectivity index (χ0n) is 17.1. The number of fused-ring (bicyclic) bond motifs is 3. The van der Waals surface area contributed by atoms with Crippen molar-refractivity contribution in [3.63, 3.8) is 0 Å². The number of hydrogen-bond donors (Lipinski definition) is 3. The Bertz CT molecular complexity index is 1490. The standard InChI is InChI=1S/C22H21N7O2S/c23-22-18-14-29(12-4-10-25-32(30,31)16-5-2-1-3-6-16)28-21(18)17-8-7-15(13-20(17)26-22)19-9-11-24-27-19/h1-3,5-9,11,13-14,25H,4,10,12H2,(H2,23,26)(H,24,27). The average Bonchev–Trinajstić information content (AvgIpc) is 3.48. The van der Waals surface area contributed by atoms with Crippen LogP contribution in [0.25, 0.3) is 33.1 Å². The number of sulfonamides is 1. The van der Waals surface area contributed by atoms with E-state index in [0.29, 0.717) is 25.3 Å². The van der Waals surface area contributed by atoms with Gasteiger partial charge in [-0.25, -0.2) is 18.1 Å². The summed E-state index contributed by atoms with van der Waals surface area (Å²) in [6, 6.07) is 16.1. The van der Waals surface area contributed by atoms with Crippen LogP contribution in [0.4, 0.5) is 5.82 Å². The predicted octanol–water partition coefficient (Wildman–Crippen LogP) is 2.93. The quantitative estimate of drug-likeness (QED) is 0.329. The zero-order valence-corrected chi connectivity index (χ0v) is 17.9. The van der Waals surface area contributed by atoms with E-state index < -0.39 is 10.0 Å². The van der Waals surface area contributed by atoms with Crippen molar-refractivity contribution < 1.29 is 8.42 Å².